The lowest BCUT2D eigenvalue weighted by Crippen LogP contribution is -2.39. The van der Waals surface area contributed by atoms with Gasteiger partial charge in [0.1, 0.15) is 0 Å². The molecule has 0 fully saturated rings. The lowest BCUT2D eigenvalue weighted by atomic mass is 10.2. The largest absolute Gasteiger partial charge is 0.481 e. The second-order valence-corrected chi connectivity index (χ2v) is 12.9. The second-order valence-electron chi connectivity index (χ2n) is 6.20. The van der Waals surface area contributed by atoms with Gasteiger partial charge in [0, 0.05) is 27.3 Å². The van der Waals surface area contributed by atoms with E-state index < -0.39 is 29.3 Å². The van der Waals surface area contributed by atoms with Crippen molar-refractivity contribution in [3.63, 3.8) is 0 Å². The van der Waals surface area contributed by atoms with Crippen LogP contribution in [-0.4, -0.2) is 51.7 Å². The smallest absolute Gasteiger partial charge is 0.305 e. The molecule has 5 nitrogen and oxygen atoms in total. The minimum absolute atomic E-state index is 0.163. The van der Waals surface area contributed by atoms with Crippen molar-refractivity contribution in [1.29, 1.82) is 0 Å². The fourth-order valence-corrected chi connectivity index (χ4v) is 4.92. The molecular formula is C14H23NO4PS+. The molecule has 1 atom stereocenters. The monoisotopic (exact) mass is 332 g/mol. The van der Waals surface area contributed by atoms with Crippen molar-refractivity contribution in [3.05, 3.63) is 29.8 Å². The van der Waals surface area contributed by atoms with Gasteiger partial charge in [-0.2, -0.15) is 0 Å². The minimum atomic E-state index is -3.69. The zero-order valence-electron chi connectivity index (χ0n) is 12.8. The summed E-state index contributed by atoms with van der Waals surface area (Å²) in [5, 5.41) is 8.96. The van der Waals surface area contributed by atoms with Crippen LogP contribution in [0.15, 0.2) is 29.2 Å². The number of rotatable bonds is 7. The van der Waals surface area contributed by atoms with Crippen LogP contribution in [0.4, 0.5) is 0 Å². The van der Waals surface area contributed by atoms with Gasteiger partial charge in [-0.05, 0) is 19.1 Å². The van der Waals surface area contributed by atoms with Crippen molar-refractivity contribution in [2.75, 3.05) is 26.2 Å². The van der Waals surface area contributed by atoms with E-state index in [4.69, 9.17) is 5.11 Å². The average molecular weight is 332 g/mol. The molecule has 0 aliphatic heterocycles. The normalized spacial score (nSPS) is 13.9. The molecule has 118 valence electrons. The Morgan fingerprint density at radius 2 is 1.76 bits per heavy atom. The molecule has 7 heteroatoms. The first kappa shape index (κ1) is 18.1. The Hall–Kier alpha value is -0.970. The molecule has 1 rings (SSSR count). The van der Waals surface area contributed by atoms with Crippen molar-refractivity contribution >= 4 is 23.3 Å². The zero-order chi connectivity index (χ0) is 16.3. The highest BCUT2D eigenvalue weighted by atomic mass is 32.2. The molecule has 0 spiro atoms. The van der Waals surface area contributed by atoms with E-state index in [1.807, 2.05) is 6.92 Å². The molecule has 1 aromatic carbocycles. The van der Waals surface area contributed by atoms with E-state index in [1.54, 1.807) is 12.1 Å². The highest BCUT2D eigenvalue weighted by molar-refractivity contribution is 7.89. The van der Waals surface area contributed by atoms with Gasteiger partial charge in [0.2, 0.25) is 10.0 Å². The van der Waals surface area contributed by atoms with Crippen molar-refractivity contribution in [2.45, 2.75) is 24.3 Å². The van der Waals surface area contributed by atoms with Gasteiger partial charge in [-0.15, -0.1) is 0 Å². The number of aryl methyl sites for hydroxylation is 1. The van der Waals surface area contributed by atoms with Gasteiger partial charge in [0.05, 0.1) is 23.5 Å². The Morgan fingerprint density at radius 3 is 2.19 bits per heavy atom. The predicted octanol–water partition coefficient (Wildman–Crippen LogP) is 2.02. The summed E-state index contributed by atoms with van der Waals surface area (Å²) in [7, 11) is -4.99. The van der Waals surface area contributed by atoms with Crippen LogP contribution in [0.2, 0.25) is 0 Å². The summed E-state index contributed by atoms with van der Waals surface area (Å²) in [4.78, 5) is 11.1. The molecule has 2 N–H and O–H groups in total. The molecule has 0 unspecified atom stereocenters. The quantitative estimate of drug-likeness (QED) is 0.748. The van der Waals surface area contributed by atoms with Crippen LogP contribution < -0.4 is 4.72 Å². The van der Waals surface area contributed by atoms with E-state index in [-0.39, 0.29) is 11.3 Å². The highest BCUT2D eigenvalue weighted by Gasteiger charge is 2.29. The van der Waals surface area contributed by atoms with Crippen molar-refractivity contribution < 1.29 is 18.3 Å². The van der Waals surface area contributed by atoms with Gasteiger partial charge in [-0.1, -0.05) is 17.7 Å². The van der Waals surface area contributed by atoms with Crippen LogP contribution in [0.25, 0.3) is 0 Å². The Kier molecular flexibility index (Phi) is 5.91. The number of sulfonamides is 1. The third kappa shape index (κ3) is 6.55. The highest BCUT2D eigenvalue weighted by Crippen LogP contribution is 2.47. The third-order valence-electron chi connectivity index (χ3n) is 2.84. The van der Waals surface area contributed by atoms with Gasteiger partial charge in [-0.3, -0.25) is 4.79 Å². The molecule has 0 amide bonds. The first-order chi connectivity index (χ1) is 9.49. The van der Waals surface area contributed by atoms with E-state index in [0.29, 0.717) is 6.16 Å². The first-order valence-corrected chi connectivity index (χ1v) is 11.4. The van der Waals surface area contributed by atoms with Crippen molar-refractivity contribution in [2.24, 2.45) is 0 Å². The molecule has 0 aliphatic carbocycles. The number of aliphatic carboxylic acids is 1. The van der Waals surface area contributed by atoms with Gasteiger partial charge < -0.3 is 5.11 Å². The fraction of sp³-hybridized carbons (Fsp3) is 0.500. The Labute approximate surface area is 127 Å². The lowest BCUT2D eigenvalue weighted by molar-refractivity contribution is -0.137. The third-order valence-corrected chi connectivity index (χ3v) is 5.91. The van der Waals surface area contributed by atoms with Crippen LogP contribution in [0.1, 0.15) is 12.0 Å². The van der Waals surface area contributed by atoms with Gasteiger partial charge >= 0.3 is 5.97 Å². The zero-order valence-corrected chi connectivity index (χ0v) is 14.5. The van der Waals surface area contributed by atoms with E-state index >= 15 is 0 Å². The Morgan fingerprint density at radius 1 is 1.24 bits per heavy atom. The lowest BCUT2D eigenvalue weighted by Gasteiger charge is -2.21. The van der Waals surface area contributed by atoms with Crippen LogP contribution in [0.5, 0.6) is 0 Å². The number of nitrogens with one attached hydrogen (secondary N) is 1. The summed E-state index contributed by atoms with van der Waals surface area (Å²) in [5.74, 6) is -1.000. The van der Waals surface area contributed by atoms with E-state index in [0.717, 1.165) is 5.56 Å². The summed E-state index contributed by atoms with van der Waals surface area (Å²) in [6, 6.07) is 5.92. The first-order valence-electron chi connectivity index (χ1n) is 6.61. The van der Waals surface area contributed by atoms with Crippen LogP contribution in [0.3, 0.4) is 0 Å². The average Bonchev–Trinajstić information content (AvgIpc) is 2.25. The molecular weight excluding hydrogens is 309 g/mol. The van der Waals surface area contributed by atoms with E-state index in [1.165, 1.54) is 12.1 Å². The topological polar surface area (TPSA) is 83.5 Å². The second kappa shape index (κ2) is 6.86. The van der Waals surface area contributed by atoms with Crippen molar-refractivity contribution in [3.8, 4) is 0 Å². The van der Waals surface area contributed by atoms with Crippen LogP contribution >= 0.6 is 7.26 Å². The summed E-state index contributed by atoms with van der Waals surface area (Å²) in [6.07, 6.45) is 0.354. The molecule has 0 aromatic heterocycles. The van der Waals surface area contributed by atoms with Gasteiger partial charge in [0.15, 0.2) is 0 Å². The summed E-state index contributed by atoms with van der Waals surface area (Å²) < 4.78 is 27.2. The van der Waals surface area contributed by atoms with Gasteiger partial charge in [-0.25, -0.2) is 13.1 Å². The molecule has 0 bridgehead atoms. The molecule has 0 heterocycles. The maximum Gasteiger partial charge on any atom is 0.305 e. The minimum Gasteiger partial charge on any atom is -0.481 e. The predicted molar refractivity (Wildman–Crippen MR) is 87.1 cm³/mol. The summed E-state index contributed by atoms with van der Waals surface area (Å²) >= 11 is 0. The molecule has 0 saturated carbocycles. The number of hydrogen-bond acceptors (Lipinski definition) is 3. The molecule has 1 aromatic rings. The maximum absolute atomic E-state index is 12.3. The fourth-order valence-electron chi connectivity index (χ4n) is 2.02. The summed E-state index contributed by atoms with van der Waals surface area (Å²) in [6.45, 7) is 8.05. The van der Waals surface area contributed by atoms with Crippen LogP contribution in [-0.2, 0) is 14.8 Å². The number of carboxylic acids is 1. The van der Waals surface area contributed by atoms with Crippen LogP contribution in [0, 0.1) is 6.92 Å². The Bertz CT molecular complexity index is 590. The standard InChI is InChI=1S/C14H22NO4PS/c1-11-5-7-13(8-6-11)21(18,19)15-12(9-14(16)17)10-20(2,3)4/h5-8,12,15H,9-10H2,1-4H3/p+1/t12-/m1/s1. The number of hydrogen-bond donors (Lipinski definition) is 2. The van der Waals surface area contributed by atoms with Gasteiger partial charge in [0.25, 0.3) is 0 Å². The maximum atomic E-state index is 12.3. The number of carboxylic acid groups (broad SMARTS) is 1. The molecule has 0 saturated heterocycles. The van der Waals surface area contributed by atoms with Crippen molar-refractivity contribution in [1.82, 2.24) is 4.72 Å². The molecule has 21 heavy (non-hydrogen) atoms. The summed E-state index contributed by atoms with van der Waals surface area (Å²) in [5.41, 5.74) is 0.969. The number of benzene rings is 1. The molecule has 0 aliphatic rings. The Balaban J connectivity index is 2.95. The van der Waals surface area contributed by atoms with E-state index in [2.05, 4.69) is 24.7 Å². The SMILES string of the molecule is Cc1ccc(S(=O)(=O)N[C@H](CC(=O)O)C[P+](C)(C)C)cc1. The number of carbonyl (C=O) groups is 1. The molecule has 0 radical (unpaired) electrons. The van der Waals surface area contributed by atoms with E-state index in [9.17, 15) is 13.2 Å².